The van der Waals surface area contributed by atoms with E-state index in [0.29, 0.717) is 11.3 Å². The van der Waals surface area contributed by atoms with Crippen molar-refractivity contribution in [1.29, 1.82) is 0 Å². The molecule has 1 aromatic heterocycles. The minimum atomic E-state index is -3.67. The van der Waals surface area contributed by atoms with Crippen LogP contribution in [-0.4, -0.2) is 54.4 Å². The van der Waals surface area contributed by atoms with Crippen LogP contribution in [0.25, 0.3) is 10.9 Å². The highest BCUT2D eigenvalue weighted by Gasteiger charge is 2.28. The summed E-state index contributed by atoms with van der Waals surface area (Å²) in [7, 11) is -0.674. The van der Waals surface area contributed by atoms with Crippen LogP contribution in [0.4, 0.5) is 0 Å². The van der Waals surface area contributed by atoms with Gasteiger partial charge in [0.1, 0.15) is 6.04 Å². The van der Waals surface area contributed by atoms with Gasteiger partial charge in [-0.1, -0.05) is 24.3 Å². The normalized spacial score (nSPS) is 16.8. The molecule has 1 aliphatic heterocycles. The van der Waals surface area contributed by atoms with Crippen molar-refractivity contribution in [3.05, 3.63) is 66.4 Å². The summed E-state index contributed by atoms with van der Waals surface area (Å²) < 4.78 is 27.2. The Hall–Kier alpha value is -2.62. The van der Waals surface area contributed by atoms with E-state index in [2.05, 4.69) is 4.99 Å². The molecule has 1 aliphatic rings. The highest BCUT2D eigenvalue weighted by molar-refractivity contribution is 8.14. The summed E-state index contributed by atoms with van der Waals surface area (Å²) in [6, 6.07) is 15.1. The quantitative estimate of drug-likeness (QED) is 0.583. The number of hydrogen-bond donors (Lipinski definition) is 0. The van der Waals surface area contributed by atoms with Crippen LogP contribution < -0.4 is 0 Å². The predicted molar refractivity (Wildman–Crippen MR) is 114 cm³/mol. The first-order valence-electron chi connectivity index (χ1n) is 8.86. The first kappa shape index (κ1) is 19.7. The van der Waals surface area contributed by atoms with Crippen LogP contribution in [-0.2, 0) is 19.7 Å². The second-order valence-corrected chi connectivity index (χ2v) is 9.31. The SMILES string of the molecule is CON(C)C(=O)C1CSC(c2ccc3c(ccn3S(=O)(=O)c3ccccc3)c2)=N1. The molecule has 2 aromatic carbocycles. The largest absolute Gasteiger partial charge is 0.274 e. The monoisotopic (exact) mass is 429 g/mol. The number of hydroxylamine groups is 2. The summed E-state index contributed by atoms with van der Waals surface area (Å²) in [5.41, 5.74) is 1.45. The van der Waals surface area contributed by atoms with Crippen LogP contribution >= 0.6 is 11.8 Å². The molecule has 1 atom stereocenters. The lowest BCUT2D eigenvalue weighted by Crippen LogP contribution is -2.34. The van der Waals surface area contributed by atoms with E-state index >= 15 is 0 Å². The van der Waals surface area contributed by atoms with Crippen molar-refractivity contribution in [3.8, 4) is 0 Å². The van der Waals surface area contributed by atoms with Crippen molar-refractivity contribution in [2.24, 2.45) is 4.99 Å². The molecule has 0 saturated heterocycles. The van der Waals surface area contributed by atoms with Crippen LogP contribution in [0, 0.1) is 0 Å². The zero-order valence-corrected chi connectivity index (χ0v) is 17.5. The Morgan fingerprint density at radius 3 is 2.69 bits per heavy atom. The number of carbonyl (C=O) groups is 1. The Labute approximate surface area is 173 Å². The average Bonchev–Trinajstić information content (AvgIpc) is 3.40. The maximum Gasteiger partial charge on any atom is 0.271 e. The molecule has 0 N–H and O–H groups in total. The van der Waals surface area contributed by atoms with Crippen molar-refractivity contribution < 1.29 is 18.0 Å². The highest BCUT2D eigenvalue weighted by atomic mass is 32.2. The van der Waals surface area contributed by atoms with Crippen molar-refractivity contribution >= 4 is 43.6 Å². The van der Waals surface area contributed by atoms with Crippen LogP contribution in [0.2, 0.25) is 0 Å². The zero-order chi connectivity index (χ0) is 20.6. The number of rotatable bonds is 5. The molecule has 2 heterocycles. The number of aliphatic imine (C=N–C) groups is 1. The van der Waals surface area contributed by atoms with Gasteiger partial charge in [-0.25, -0.2) is 17.5 Å². The summed E-state index contributed by atoms with van der Waals surface area (Å²) in [5, 5.41) is 2.72. The number of amides is 1. The van der Waals surface area contributed by atoms with Gasteiger partial charge in [-0.3, -0.25) is 14.6 Å². The molecule has 0 radical (unpaired) electrons. The molecule has 150 valence electrons. The van der Waals surface area contributed by atoms with Gasteiger partial charge in [-0.15, -0.1) is 11.8 Å². The molecular formula is C20H19N3O4S2. The average molecular weight is 430 g/mol. The lowest BCUT2D eigenvalue weighted by atomic mass is 10.2. The van der Waals surface area contributed by atoms with Gasteiger partial charge in [0.05, 0.1) is 22.6 Å². The first-order chi connectivity index (χ1) is 13.9. The van der Waals surface area contributed by atoms with Crippen LogP contribution in [0.1, 0.15) is 5.56 Å². The molecule has 4 rings (SSSR count). The molecule has 0 aliphatic carbocycles. The van der Waals surface area contributed by atoms with E-state index in [4.69, 9.17) is 4.84 Å². The topological polar surface area (TPSA) is 81.0 Å². The smallest absolute Gasteiger partial charge is 0.271 e. The molecule has 0 saturated carbocycles. The maximum absolute atomic E-state index is 12.9. The first-order valence-corrected chi connectivity index (χ1v) is 11.3. The fourth-order valence-electron chi connectivity index (χ4n) is 3.12. The van der Waals surface area contributed by atoms with Crippen molar-refractivity contribution in [2.45, 2.75) is 10.9 Å². The van der Waals surface area contributed by atoms with Gasteiger partial charge < -0.3 is 0 Å². The van der Waals surface area contributed by atoms with Crippen LogP contribution in [0.5, 0.6) is 0 Å². The number of nitrogens with zero attached hydrogens (tertiary/aromatic N) is 3. The summed E-state index contributed by atoms with van der Waals surface area (Å²) in [5.74, 6) is 0.347. The number of benzene rings is 2. The number of thioether (sulfide) groups is 1. The molecule has 1 unspecified atom stereocenters. The minimum Gasteiger partial charge on any atom is -0.274 e. The molecule has 0 spiro atoms. The zero-order valence-electron chi connectivity index (χ0n) is 15.8. The van der Waals surface area contributed by atoms with E-state index in [1.54, 1.807) is 55.7 Å². The van der Waals surface area contributed by atoms with Crippen LogP contribution in [0.3, 0.4) is 0 Å². The van der Waals surface area contributed by atoms with Crippen molar-refractivity contribution in [1.82, 2.24) is 9.04 Å². The van der Waals surface area contributed by atoms with Crippen molar-refractivity contribution in [3.63, 3.8) is 0 Å². The number of aromatic nitrogens is 1. The molecule has 7 nitrogen and oxygen atoms in total. The molecular weight excluding hydrogens is 410 g/mol. The summed E-state index contributed by atoms with van der Waals surface area (Å²) in [6.07, 6.45) is 1.56. The van der Waals surface area contributed by atoms with E-state index in [9.17, 15) is 13.2 Å². The Kier molecular flexibility index (Phi) is 5.20. The molecule has 0 bridgehead atoms. The Bertz CT molecular complexity index is 1200. The standard InChI is InChI=1S/C20H19N3O4S2/c1-22(27-2)20(24)17-13-28-19(21-17)15-8-9-18-14(12-15)10-11-23(18)29(25,26)16-6-4-3-5-7-16/h3-12,17H,13H2,1-2H3. The second-order valence-electron chi connectivity index (χ2n) is 6.48. The van der Waals surface area contributed by atoms with Gasteiger partial charge in [0.25, 0.3) is 15.9 Å². The van der Waals surface area contributed by atoms with Gasteiger partial charge >= 0.3 is 0 Å². The highest BCUT2D eigenvalue weighted by Crippen LogP contribution is 2.28. The van der Waals surface area contributed by atoms with E-state index in [1.807, 2.05) is 12.1 Å². The molecule has 29 heavy (non-hydrogen) atoms. The molecule has 9 heteroatoms. The summed E-state index contributed by atoms with van der Waals surface area (Å²) in [6.45, 7) is 0. The summed E-state index contributed by atoms with van der Waals surface area (Å²) in [4.78, 5) is 21.9. The van der Waals surface area contributed by atoms with Crippen molar-refractivity contribution in [2.75, 3.05) is 19.9 Å². The van der Waals surface area contributed by atoms with E-state index in [0.717, 1.165) is 16.0 Å². The van der Waals surface area contributed by atoms with Crippen LogP contribution in [0.15, 0.2) is 70.7 Å². The number of hydrogen-bond acceptors (Lipinski definition) is 6. The Balaban J connectivity index is 1.67. The van der Waals surface area contributed by atoms with Gasteiger partial charge in [0, 0.05) is 29.9 Å². The molecule has 3 aromatic rings. The predicted octanol–water partition coefficient (Wildman–Crippen LogP) is 2.76. The lowest BCUT2D eigenvalue weighted by Gasteiger charge is -2.15. The minimum absolute atomic E-state index is 0.198. The number of fused-ring (bicyclic) bond motifs is 1. The van der Waals surface area contributed by atoms with E-state index in [1.165, 1.54) is 27.9 Å². The van der Waals surface area contributed by atoms with Gasteiger partial charge in [-0.05, 0) is 30.3 Å². The van der Waals surface area contributed by atoms with Gasteiger partial charge in [-0.2, -0.15) is 0 Å². The molecule has 1 amide bonds. The second kappa shape index (κ2) is 7.66. The third-order valence-electron chi connectivity index (χ3n) is 4.72. The lowest BCUT2D eigenvalue weighted by molar-refractivity contribution is -0.169. The Morgan fingerprint density at radius 2 is 1.97 bits per heavy atom. The van der Waals surface area contributed by atoms with E-state index in [-0.39, 0.29) is 10.8 Å². The van der Waals surface area contributed by atoms with E-state index < -0.39 is 16.1 Å². The van der Waals surface area contributed by atoms with Gasteiger partial charge in [0.15, 0.2) is 0 Å². The van der Waals surface area contributed by atoms with Gasteiger partial charge in [0.2, 0.25) is 0 Å². The number of likely N-dealkylation sites (N-methyl/N-ethyl adjacent to an activating group) is 1. The number of carbonyl (C=O) groups excluding carboxylic acids is 1. The summed E-state index contributed by atoms with van der Waals surface area (Å²) >= 11 is 1.50. The fourth-order valence-corrected chi connectivity index (χ4v) is 5.53. The third-order valence-corrected chi connectivity index (χ3v) is 7.52. The maximum atomic E-state index is 12.9. The fraction of sp³-hybridized carbons (Fsp3) is 0.200. The Morgan fingerprint density at radius 1 is 1.21 bits per heavy atom. The molecule has 0 fully saturated rings. The third kappa shape index (κ3) is 3.57.